The number of hydrogen-bond acceptors (Lipinski definition) is 4. The SMILES string of the molecule is CCOCCC(Cc1c(Br)c(CC)nn1C)NN. The lowest BCUT2D eigenvalue weighted by Gasteiger charge is -2.16. The van der Waals surface area contributed by atoms with Crippen molar-refractivity contribution < 1.29 is 4.74 Å². The molecule has 0 aliphatic heterocycles. The largest absolute Gasteiger partial charge is 0.382 e. The van der Waals surface area contributed by atoms with Crippen LogP contribution in [0.2, 0.25) is 0 Å². The molecule has 1 atom stereocenters. The van der Waals surface area contributed by atoms with Crippen LogP contribution in [0.4, 0.5) is 0 Å². The van der Waals surface area contributed by atoms with Crippen molar-refractivity contribution in [3.05, 3.63) is 15.9 Å². The average Bonchev–Trinajstić information content (AvgIpc) is 2.64. The van der Waals surface area contributed by atoms with E-state index in [4.69, 9.17) is 10.6 Å². The summed E-state index contributed by atoms with van der Waals surface area (Å²) >= 11 is 3.62. The number of ether oxygens (including phenoxy) is 1. The summed E-state index contributed by atoms with van der Waals surface area (Å²) in [6, 6.07) is 0.202. The molecule has 0 radical (unpaired) electrons. The van der Waals surface area contributed by atoms with Gasteiger partial charge in [-0.2, -0.15) is 5.10 Å². The van der Waals surface area contributed by atoms with Gasteiger partial charge in [-0.1, -0.05) is 6.92 Å². The highest BCUT2D eigenvalue weighted by Gasteiger charge is 2.16. The second kappa shape index (κ2) is 7.89. The predicted octanol–water partition coefficient (Wildman–Crippen LogP) is 1.55. The summed E-state index contributed by atoms with van der Waals surface area (Å²) in [7, 11) is 1.97. The fourth-order valence-corrected chi connectivity index (χ4v) is 2.67. The van der Waals surface area contributed by atoms with Crippen LogP contribution in [0.1, 0.15) is 31.7 Å². The predicted molar refractivity (Wildman–Crippen MR) is 76.2 cm³/mol. The number of hydrazine groups is 1. The zero-order chi connectivity index (χ0) is 13.5. The van der Waals surface area contributed by atoms with E-state index in [9.17, 15) is 0 Å². The van der Waals surface area contributed by atoms with Crippen molar-refractivity contribution >= 4 is 15.9 Å². The zero-order valence-electron chi connectivity index (χ0n) is 11.4. The van der Waals surface area contributed by atoms with Crippen LogP contribution in [-0.4, -0.2) is 29.0 Å². The van der Waals surface area contributed by atoms with Crippen molar-refractivity contribution in [2.24, 2.45) is 12.9 Å². The van der Waals surface area contributed by atoms with Gasteiger partial charge in [0.1, 0.15) is 0 Å². The first-order valence-corrected chi connectivity index (χ1v) is 7.17. The fraction of sp³-hybridized carbons (Fsp3) is 0.750. The monoisotopic (exact) mass is 318 g/mol. The minimum absolute atomic E-state index is 0.202. The highest BCUT2D eigenvalue weighted by atomic mass is 79.9. The van der Waals surface area contributed by atoms with Crippen LogP contribution >= 0.6 is 15.9 Å². The molecular formula is C12H23BrN4O. The van der Waals surface area contributed by atoms with Gasteiger partial charge in [0, 0.05) is 32.7 Å². The molecule has 6 heteroatoms. The summed E-state index contributed by atoms with van der Waals surface area (Å²) in [5, 5.41) is 4.48. The molecule has 0 spiro atoms. The first kappa shape index (κ1) is 15.6. The molecule has 0 aromatic carbocycles. The van der Waals surface area contributed by atoms with Gasteiger partial charge in [-0.05, 0) is 35.7 Å². The summed E-state index contributed by atoms with van der Waals surface area (Å²) in [4.78, 5) is 0. The van der Waals surface area contributed by atoms with Crippen LogP contribution in [0, 0.1) is 0 Å². The minimum atomic E-state index is 0.202. The molecule has 5 nitrogen and oxygen atoms in total. The van der Waals surface area contributed by atoms with Crippen LogP contribution in [-0.2, 0) is 24.6 Å². The Labute approximate surface area is 117 Å². The molecule has 1 aromatic heterocycles. The molecule has 0 saturated carbocycles. The zero-order valence-corrected chi connectivity index (χ0v) is 13.0. The molecule has 1 rings (SSSR count). The van der Waals surface area contributed by atoms with Crippen molar-refractivity contribution in [3.8, 4) is 0 Å². The lowest BCUT2D eigenvalue weighted by Crippen LogP contribution is -2.38. The van der Waals surface area contributed by atoms with E-state index in [-0.39, 0.29) is 6.04 Å². The maximum Gasteiger partial charge on any atom is 0.0766 e. The number of hydrogen-bond donors (Lipinski definition) is 2. The van der Waals surface area contributed by atoms with E-state index in [0.29, 0.717) is 0 Å². The number of aromatic nitrogens is 2. The number of nitrogens with zero attached hydrogens (tertiary/aromatic N) is 2. The first-order valence-electron chi connectivity index (χ1n) is 6.38. The normalized spacial score (nSPS) is 12.9. The molecule has 0 fully saturated rings. The summed E-state index contributed by atoms with van der Waals surface area (Å²) in [5.74, 6) is 5.59. The second-order valence-electron chi connectivity index (χ2n) is 4.24. The molecule has 1 aromatic rings. The van der Waals surface area contributed by atoms with Gasteiger partial charge in [-0.25, -0.2) is 0 Å². The molecule has 0 aliphatic carbocycles. The Morgan fingerprint density at radius 2 is 2.22 bits per heavy atom. The van der Waals surface area contributed by atoms with E-state index in [2.05, 4.69) is 33.4 Å². The highest BCUT2D eigenvalue weighted by molar-refractivity contribution is 9.10. The Bertz CT molecular complexity index is 367. The van der Waals surface area contributed by atoms with Gasteiger partial charge in [-0.3, -0.25) is 16.0 Å². The van der Waals surface area contributed by atoms with E-state index in [0.717, 1.165) is 42.6 Å². The Morgan fingerprint density at radius 1 is 1.50 bits per heavy atom. The molecule has 1 unspecified atom stereocenters. The van der Waals surface area contributed by atoms with Crippen molar-refractivity contribution in [3.63, 3.8) is 0 Å². The van der Waals surface area contributed by atoms with Crippen LogP contribution in [0.25, 0.3) is 0 Å². The Hall–Kier alpha value is -0.430. The Balaban J connectivity index is 2.66. The fourth-order valence-electron chi connectivity index (χ4n) is 1.89. The summed E-state index contributed by atoms with van der Waals surface area (Å²) in [5.41, 5.74) is 5.11. The quantitative estimate of drug-likeness (QED) is 0.433. The third-order valence-corrected chi connectivity index (χ3v) is 3.91. The van der Waals surface area contributed by atoms with Crippen LogP contribution in [0.5, 0.6) is 0 Å². The maximum atomic E-state index is 5.59. The van der Waals surface area contributed by atoms with Gasteiger partial charge in [-0.15, -0.1) is 0 Å². The average molecular weight is 319 g/mol. The third kappa shape index (κ3) is 4.05. The highest BCUT2D eigenvalue weighted by Crippen LogP contribution is 2.23. The van der Waals surface area contributed by atoms with Crippen LogP contribution in [0.15, 0.2) is 4.47 Å². The van der Waals surface area contributed by atoms with Gasteiger partial charge in [0.25, 0.3) is 0 Å². The maximum absolute atomic E-state index is 5.59. The third-order valence-electron chi connectivity index (χ3n) is 2.99. The molecule has 3 N–H and O–H groups in total. The van der Waals surface area contributed by atoms with E-state index >= 15 is 0 Å². The van der Waals surface area contributed by atoms with Gasteiger partial charge in [0.15, 0.2) is 0 Å². The summed E-state index contributed by atoms with van der Waals surface area (Å²) < 4.78 is 8.39. The number of halogens is 1. The molecule has 104 valence electrons. The molecule has 18 heavy (non-hydrogen) atoms. The van der Waals surface area contributed by atoms with Crippen LogP contribution < -0.4 is 11.3 Å². The van der Waals surface area contributed by atoms with Gasteiger partial charge < -0.3 is 4.74 Å². The van der Waals surface area contributed by atoms with E-state index in [1.807, 2.05) is 18.7 Å². The van der Waals surface area contributed by atoms with E-state index in [1.54, 1.807) is 0 Å². The molecule has 0 aliphatic rings. The van der Waals surface area contributed by atoms with Gasteiger partial charge in [0.2, 0.25) is 0 Å². The lowest BCUT2D eigenvalue weighted by atomic mass is 10.1. The minimum Gasteiger partial charge on any atom is -0.382 e. The Morgan fingerprint density at radius 3 is 2.72 bits per heavy atom. The van der Waals surface area contributed by atoms with E-state index in [1.165, 1.54) is 5.69 Å². The molecule has 0 saturated heterocycles. The number of nitrogens with one attached hydrogen (secondary N) is 1. The van der Waals surface area contributed by atoms with Crippen molar-refractivity contribution in [2.45, 2.75) is 39.2 Å². The number of nitrogens with two attached hydrogens (primary N) is 1. The molecule has 1 heterocycles. The van der Waals surface area contributed by atoms with Crippen molar-refractivity contribution in [1.29, 1.82) is 0 Å². The summed E-state index contributed by atoms with van der Waals surface area (Å²) in [6.45, 7) is 5.56. The number of aryl methyl sites for hydroxylation is 2. The van der Waals surface area contributed by atoms with Crippen molar-refractivity contribution in [1.82, 2.24) is 15.2 Å². The lowest BCUT2D eigenvalue weighted by molar-refractivity contribution is 0.136. The van der Waals surface area contributed by atoms with E-state index < -0.39 is 0 Å². The van der Waals surface area contributed by atoms with Crippen LogP contribution in [0.3, 0.4) is 0 Å². The molecule has 0 amide bonds. The number of rotatable bonds is 8. The standard InChI is InChI=1S/C12H23BrN4O/c1-4-10-12(13)11(17(3)16-10)8-9(15-14)6-7-18-5-2/h9,15H,4-8,14H2,1-3H3. The molecular weight excluding hydrogens is 296 g/mol. The van der Waals surface area contributed by atoms with Gasteiger partial charge >= 0.3 is 0 Å². The van der Waals surface area contributed by atoms with Crippen molar-refractivity contribution in [2.75, 3.05) is 13.2 Å². The smallest absolute Gasteiger partial charge is 0.0766 e. The first-order chi connectivity index (χ1) is 8.63. The second-order valence-corrected chi connectivity index (χ2v) is 5.03. The topological polar surface area (TPSA) is 65.1 Å². The molecule has 0 bridgehead atoms. The Kier molecular flexibility index (Phi) is 6.85. The summed E-state index contributed by atoms with van der Waals surface area (Å²) in [6.07, 6.45) is 2.66. The van der Waals surface area contributed by atoms with Gasteiger partial charge in [0.05, 0.1) is 15.9 Å².